The Morgan fingerprint density at radius 2 is 2.09 bits per heavy atom. The smallest absolute Gasteiger partial charge is 0.307 e. The van der Waals surface area contributed by atoms with E-state index in [1.165, 1.54) is 11.3 Å². The molecule has 0 saturated carbocycles. The van der Waals surface area contributed by atoms with Crippen molar-refractivity contribution in [3.8, 4) is 17.0 Å². The van der Waals surface area contributed by atoms with E-state index in [-0.39, 0.29) is 4.87 Å². The summed E-state index contributed by atoms with van der Waals surface area (Å²) in [5, 5.41) is 10.2. The minimum atomic E-state index is 0.0579. The zero-order valence-electron chi connectivity index (χ0n) is 12.4. The maximum Gasteiger partial charge on any atom is 0.307 e. The number of rotatable bonds is 5. The van der Waals surface area contributed by atoms with Gasteiger partial charge in [-0.2, -0.15) is 0 Å². The standard InChI is InChI=1S/C15H16N4O2S/c1-11-10-22-15(20)19(11)8-7-18-9-13(16-17-18)12-5-3-4-6-14(12)21-2/h3-6,9-10H,7-8H2,1-2H3. The molecule has 7 heteroatoms. The van der Waals surface area contributed by atoms with Crippen LogP contribution in [-0.2, 0) is 13.1 Å². The lowest BCUT2D eigenvalue weighted by atomic mass is 10.1. The predicted octanol–water partition coefficient (Wildman–Crippen LogP) is 2.19. The number of hydrogen-bond acceptors (Lipinski definition) is 5. The Morgan fingerprint density at radius 3 is 2.82 bits per heavy atom. The molecule has 0 bridgehead atoms. The van der Waals surface area contributed by atoms with E-state index in [2.05, 4.69) is 10.3 Å². The van der Waals surface area contributed by atoms with Gasteiger partial charge in [0.1, 0.15) is 11.4 Å². The van der Waals surface area contributed by atoms with Crippen molar-refractivity contribution < 1.29 is 4.74 Å². The largest absolute Gasteiger partial charge is 0.496 e. The van der Waals surface area contributed by atoms with Gasteiger partial charge in [0.05, 0.1) is 19.9 Å². The first-order chi connectivity index (χ1) is 10.7. The summed E-state index contributed by atoms with van der Waals surface area (Å²) in [4.78, 5) is 11.7. The molecule has 0 N–H and O–H groups in total. The van der Waals surface area contributed by atoms with Gasteiger partial charge in [0.15, 0.2) is 0 Å². The van der Waals surface area contributed by atoms with E-state index in [0.717, 1.165) is 22.7 Å². The molecular formula is C15H16N4O2S. The minimum absolute atomic E-state index is 0.0579. The monoisotopic (exact) mass is 316 g/mol. The van der Waals surface area contributed by atoms with E-state index in [1.807, 2.05) is 42.8 Å². The van der Waals surface area contributed by atoms with Crippen LogP contribution >= 0.6 is 11.3 Å². The van der Waals surface area contributed by atoms with Crippen molar-refractivity contribution in [1.29, 1.82) is 0 Å². The van der Waals surface area contributed by atoms with E-state index < -0.39 is 0 Å². The first-order valence-electron chi connectivity index (χ1n) is 6.87. The van der Waals surface area contributed by atoms with Crippen LogP contribution in [-0.4, -0.2) is 26.7 Å². The van der Waals surface area contributed by atoms with Crippen molar-refractivity contribution in [2.24, 2.45) is 0 Å². The molecule has 0 amide bonds. The van der Waals surface area contributed by atoms with Crippen LogP contribution in [0.5, 0.6) is 5.75 Å². The summed E-state index contributed by atoms with van der Waals surface area (Å²) >= 11 is 1.22. The Balaban J connectivity index is 1.78. The van der Waals surface area contributed by atoms with E-state index >= 15 is 0 Å². The summed E-state index contributed by atoms with van der Waals surface area (Å²) in [5.74, 6) is 0.763. The summed E-state index contributed by atoms with van der Waals surface area (Å²) in [6, 6.07) is 7.69. The highest BCUT2D eigenvalue weighted by Gasteiger charge is 2.09. The normalized spacial score (nSPS) is 10.8. The zero-order valence-corrected chi connectivity index (χ0v) is 13.2. The van der Waals surface area contributed by atoms with E-state index in [9.17, 15) is 4.79 Å². The fourth-order valence-electron chi connectivity index (χ4n) is 2.26. The number of aromatic nitrogens is 4. The lowest BCUT2D eigenvalue weighted by Crippen LogP contribution is -2.18. The molecule has 0 fully saturated rings. The lowest BCUT2D eigenvalue weighted by molar-refractivity contribution is 0.416. The molecule has 2 heterocycles. The van der Waals surface area contributed by atoms with E-state index in [1.54, 1.807) is 16.4 Å². The van der Waals surface area contributed by atoms with Crippen molar-refractivity contribution in [3.05, 3.63) is 51.2 Å². The van der Waals surface area contributed by atoms with Gasteiger partial charge in [0.2, 0.25) is 0 Å². The molecule has 0 saturated heterocycles. The van der Waals surface area contributed by atoms with Gasteiger partial charge >= 0.3 is 4.87 Å². The quantitative estimate of drug-likeness (QED) is 0.724. The summed E-state index contributed by atoms with van der Waals surface area (Å²) in [5.41, 5.74) is 2.63. The van der Waals surface area contributed by atoms with Crippen molar-refractivity contribution in [1.82, 2.24) is 19.6 Å². The number of hydrogen-bond donors (Lipinski definition) is 0. The van der Waals surface area contributed by atoms with Gasteiger partial charge in [-0.15, -0.1) is 5.10 Å². The highest BCUT2D eigenvalue weighted by Crippen LogP contribution is 2.27. The number of aryl methyl sites for hydroxylation is 2. The van der Waals surface area contributed by atoms with Gasteiger partial charge in [-0.3, -0.25) is 9.48 Å². The molecule has 0 aliphatic heterocycles. The number of thiazole rings is 1. The molecule has 3 rings (SSSR count). The van der Waals surface area contributed by atoms with Crippen LogP contribution in [0.25, 0.3) is 11.3 Å². The molecule has 114 valence electrons. The second kappa shape index (κ2) is 6.15. The van der Waals surface area contributed by atoms with Crippen molar-refractivity contribution in [3.63, 3.8) is 0 Å². The fraction of sp³-hybridized carbons (Fsp3) is 0.267. The Labute approximate surface area is 131 Å². The van der Waals surface area contributed by atoms with Crippen LogP contribution in [0, 0.1) is 6.92 Å². The van der Waals surface area contributed by atoms with Crippen molar-refractivity contribution in [2.45, 2.75) is 20.0 Å². The highest BCUT2D eigenvalue weighted by atomic mass is 32.1. The molecule has 0 aliphatic carbocycles. The molecular weight excluding hydrogens is 300 g/mol. The predicted molar refractivity (Wildman–Crippen MR) is 85.3 cm³/mol. The number of ether oxygens (including phenoxy) is 1. The maximum absolute atomic E-state index is 11.7. The number of nitrogens with zero attached hydrogens (tertiary/aromatic N) is 4. The Bertz CT molecular complexity index is 834. The molecule has 22 heavy (non-hydrogen) atoms. The average Bonchev–Trinajstić information content (AvgIpc) is 3.13. The van der Waals surface area contributed by atoms with Crippen LogP contribution in [0.4, 0.5) is 0 Å². The molecule has 0 atom stereocenters. The first-order valence-corrected chi connectivity index (χ1v) is 7.75. The number of para-hydroxylation sites is 1. The topological polar surface area (TPSA) is 61.9 Å². The maximum atomic E-state index is 11.7. The van der Waals surface area contributed by atoms with Crippen molar-refractivity contribution in [2.75, 3.05) is 7.11 Å². The van der Waals surface area contributed by atoms with Gasteiger partial charge in [-0.1, -0.05) is 28.7 Å². The van der Waals surface area contributed by atoms with Crippen LogP contribution in [0.1, 0.15) is 5.69 Å². The Hall–Kier alpha value is -2.41. The second-order valence-electron chi connectivity index (χ2n) is 4.86. The summed E-state index contributed by atoms with van der Waals surface area (Å²) in [6.45, 7) is 3.11. The average molecular weight is 316 g/mol. The van der Waals surface area contributed by atoms with Crippen LogP contribution < -0.4 is 9.61 Å². The molecule has 6 nitrogen and oxygen atoms in total. The first kappa shape index (κ1) is 14.5. The van der Waals surface area contributed by atoms with E-state index in [0.29, 0.717) is 13.1 Å². The third kappa shape index (κ3) is 2.80. The van der Waals surface area contributed by atoms with Gasteiger partial charge in [-0.25, -0.2) is 0 Å². The molecule has 0 aliphatic rings. The number of methoxy groups -OCH3 is 1. The molecule has 0 radical (unpaired) electrons. The molecule has 3 aromatic rings. The zero-order chi connectivity index (χ0) is 15.5. The van der Waals surface area contributed by atoms with E-state index in [4.69, 9.17) is 4.74 Å². The summed E-state index contributed by atoms with van der Waals surface area (Å²) in [7, 11) is 1.63. The van der Waals surface area contributed by atoms with Gasteiger partial charge in [0, 0.05) is 23.2 Å². The third-order valence-electron chi connectivity index (χ3n) is 3.45. The molecule has 2 aromatic heterocycles. The second-order valence-corrected chi connectivity index (χ2v) is 5.68. The lowest BCUT2D eigenvalue weighted by Gasteiger charge is -2.05. The minimum Gasteiger partial charge on any atom is -0.496 e. The van der Waals surface area contributed by atoms with Gasteiger partial charge < -0.3 is 9.30 Å². The molecule has 0 spiro atoms. The van der Waals surface area contributed by atoms with Crippen LogP contribution in [0.15, 0.2) is 40.6 Å². The SMILES string of the molecule is COc1ccccc1-c1cn(CCn2c(C)csc2=O)nn1. The fourth-order valence-corrected chi connectivity index (χ4v) is 3.03. The van der Waals surface area contributed by atoms with Gasteiger partial charge in [-0.05, 0) is 19.1 Å². The number of benzene rings is 1. The summed E-state index contributed by atoms with van der Waals surface area (Å²) < 4.78 is 8.82. The van der Waals surface area contributed by atoms with Crippen LogP contribution in [0.3, 0.4) is 0 Å². The van der Waals surface area contributed by atoms with Crippen LogP contribution in [0.2, 0.25) is 0 Å². The molecule has 1 aromatic carbocycles. The Kier molecular flexibility index (Phi) is 4.06. The summed E-state index contributed by atoms with van der Waals surface area (Å²) in [6.07, 6.45) is 1.87. The molecule has 0 unspecified atom stereocenters. The third-order valence-corrected chi connectivity index (χ3v) is 4.33. The van der Waals surface area contributed by atoms with Crippen molar-refractivity contribution >= 4 is 11.3 Å². The highest BCUT2D eigenvalue weighted by molar-refractivity contribution is 7.07. The van der Waals surface area contributed by atoms with Gasteiger partial charge in [0.25, 0.3) is 0 Å². The Morgan fingerprint density at radius 1 is 1.27 bits per heavy atom.